The molecule has 0 saturated carbocycles. The van der Waals surface area contributed by atoms with Crippen molar-refractivity contribution in [2.24, 2.45) is 20.4 Å². The van der Waals surface area contributed by atoms with E-state index in [1.165, 1.54) is 38.8 Å². The van der Waals surface area contributed by atoms with Gasteiger partial charge in [-0.1, -0.05) is 60.7 Å². The van der Waals surface area contributed by atoms with Crippen LogP contribution in [0.3, 0.4) is 0 Å². The molecule has 0 spiro atoms. The standard InChI is InChI=1S/2C18H15N3O3.2Cu.2NO3/c2*1-24-15-9-3-8-14(17(15)22)18(23)21-20-11-13-6-2-5-12-7-4-10-19-16(12)13;;;2*2-1(3)4/h2*2-11,22H,1H3,(H,21,23);;;;/q;;2*+2;2*-1/p-2/b2*20-11+;;;;. The van der Waals surface area contributed by atoms with E-state index in [0.717, 1.165) is 32.9 Å². The van der Waals surface area contributed by atoms with E-state index in [-0.39, 0.29) is 68.3 Å². The minimum absolute atomic E-state index is 0. The molecule has 0 atom stereocenters. The van der Waals surface area contributed by atoms with E-state index in [1.807, 2.05) is 60.7 Å². The Labute approximate surface area is 349 Å². The van der Waals surface area contributed by atoms with E-state index in [0.29, 0.717) is 0 Å². The maximum atomic E-state index is 12.1. The zero-order valence-corrected chi connectivity index (χ0v) is 31.6. The van der Waals surface area contributed by atoms with E-state index in [9.17, 15) is 20.4 Å². The van der Waals surface area contributed by atoms with Crippen LogP contribution in [0.5, 0.6) is 23.0 Å². The van der Waals surface area contributed by atoms with Crippen molar-refractivity contribution in [2.75, 3.05) is 14.2 Å². The average molecular weight is 892 g/mol. The average Bonchev–Trinajstić information content (AvgIpc) is 3.18. The molecule has 2 heterocycles. The summed E-state index contributed by atoms with van der Waals surface area (Å²) in [6.45, 7) is 0. The van der Waals surface area contributed by atoms with E-state index < -0.39 is 22.0 Å². The molecule has 20 nitrogen and oxygen atoms in total. The maximum absolute atomic E-state index is 12.1. The molecule has 22 heteroatoms. The second-order valence-electron chi connectivity index (χ2n) is 10.3. The van der Waals surface area contributed by atoms with Crippen molar-refractivity contribution in [3.63, 3.8) is 0 Å². The Hall–Kier alpha value is -7.38. The number of pyridine rings is 2. The van der Waals surface area contributed by atoms with E-state index >= 15 is 0 Å². The van der Waals surface area contributed by atoms with Crippen LogP contribution in [-0.2, 0) is 34.1 Å². The first-order chi connectivity index (χ1) is 26.9. The van der Waals surface area contributed by atoms with E-state index in [4.69, 9.17) is 40.1 Å². The van der Waals surface area contributed by atoms with Gasteiger partial charge in [0.05, 0.1) is 47.9 Å². The van der Waals surface area contributed by atoms with Crippen molar-refractivity contribution in [2.45, 2.75) is 0 Å². The zero-order chi connectivity index (χ0) is 41.0. The topological polar surface area (TPSA) is 313 Å². The molecular weight excluding hydrogens is 864 g/mol. The van der Waals surface area contributed by atoms with Crippen LogP contribution >= 0.6 is 0 Å². The minimum atomic E-state index is -1.75. The summed E-state index contributed by atoms with van der Waals surface area (Å²) in [7, 11) is 2.82. The molecule has 6 aromatic rings. The van der Waals surface area contributed by atoms with Gasteiger partial charge in [0.25, 0.3) is 0 Å². The van der Waals surface area contributed by atoms with Gasteiger partial charge in [-0.2, -0.15) is 20.4 Å². The number of aromatic hydroxyl groups is 2. The molecule has 0 fully saturated rings. The first kappa shape index (κ1) is 48.6. The van der Waals surface area contributed by atoms with Gasteiger partial charge in [0.15, 0.2) is 23.0 Å². The van der Waals surface area contributed by atoms with Gasteiger partial charge in [-0.15, -0.1) is 0 Å². The molecule has 58 heavy (non-hydrogen) atoms. The number of fused-ring (bicyclic) bond motifs is 2. The number of ether oxygens (including phenoxy) is 2. The van der Waals surface area contributed by atoms with Crippen LogP contribution in [0.15, 0.2) is 130 Å². The van der Waals surface area contributed by atoms with E-state index in [1.54, 1.807) is 36.7 Å². The molecular formula is C36H28Cu2N8O12. The fourth-order valence-electron chi connectivity index (χ4n) is 4.58. The molecule has 0 unspecified atom stereocenters. The third-order valence-corrected chi connectivity index (χ3v) is 6.92. The summed E-state index contributed by atoms with van der Waals surface area (Å²) in [4.78, 5) is 25.1. The Kier molecular flexibility index (Phi) is 20.9. The van der Waals surface area contributed by atoms with Crippen LogP contribution in [0.1, 0.15) is 22.3 Å². The quantitative estimate of drug-likeness (QED) is 0.0724. The summed E-state index contributed by atoms with van der Waals surface area (Å²) in [5.74, 6) is -1.41. The van der Waals surface area contributed by atoms with Crippen LogP contribution in [0.25, 0.3) is 21.8 Å². The molecule has 4 aromatic carbocycles. The summed E-state index contributed by atoms with van der Waals surface area (Å²) in [5.41, 5.74) is 3.11. The van der Waals surface area contributed by atoms with Crippen molar-refractivity contribution in [3.8, 4) is 23.0 Å². The van der Waals surface area contributed by atoms with Crippen LogP contribution in [0, 0.1) is 30.6 Å². The van der Waals surface area contributed by atoms with Crippen molar-refractivity contribution in [1.82, 2.24) is 9.97 Å². The Morgan fingerprint density at radius 3 is 1.26 bits per heavy atom. The first-order valence-electron chi connectivity index (χ1n) is 15.5. The molecule has 306 valence electrons. The minimum Gasteiger partial charge on any atom is -0.857 e. The van der Waals surface area contributed by atoms with Crippen LogP contribution in [0.4, 0.5) is 0 Å². The molecule has 6 rings (SSSR count). The van der Waals surface area contributed by atoms with Crippen molar-refractivity contribution < 1.29 is 74.2 Å². The van der Waals surface area contributed by atoms with Gasteiger partial charge in [0.2, 0.25) is 0 Å². The summed E-state index contributed by atoms with van der Waals surface area (Å²) < 4.78 is 9.93. The Morgan fingerprint density at radius 1 is 0.586 bits per heavy atom. The molecule has 0 amide bonds. The number of rotatable bonds is 8. The number of aromatic nitrogens is 2. The third kappa shape index (κ3) is 14.7. The maximum Gasteiger partial charge on any atom is 2.00 e. The van der Waals surface area contributed by atoms with Crippen LogP contribution in [-0.4, -0.2) is 68.8 Å². The Bertz CT molecular complexity index is 2230. The molecule has 0 bridgehead atoms. The van der Waals surface area contributed by atoms with Crippen molar-refractivity contribution in [3.05, 3.63) is 162 Å². The monoisotopic (exact) mass is 890 g/mol. The second kappa shape index (κ2) is 24.9. The molecule has 2 N–H and O–H groups in total. The van der Waals surface area contributed by atoms with Gasteiger partial charge in [0, 0.05) is 57.2 Å². The van der Waals surface area contributed by atoms with Gasteiger partial charge in [-0.25, -0.2) is 0 Å². The fourth-order valence-corrected chi connectivity index (χ4v) is 4.58. The smallest absolute Gasteiger partial charge is 0.857 e. The molecule has 2 aromatic heterocycles. The normalized spacial score (nSPS) is 10.7. The van der Waals surface area contributed by atoms with Gasteiger partial charge >= 0.3 is 34.1 Å². The summed E-state index contributed by atoms with van der Waals surface area (Å²) >= 11 is 0. The number of methoxy groups -OCH3 is 2. The Morgan fingerprint density at radius 2 is 0.914 bits per heavy atom. The Balaban J connectivity index is 0.000000476. The zero-order valence-electron chi connectivity index (χ0n) is 29.7. The molecule has 2 radical (unpaired) electrons. The largest absolute Gasteiger partial charge is 2.00 e. The molecule has 0 aliphatic rings. The van der Waals surface area contributed by atoms with Gasteiger partial charge in [-0.3, -0.25) is 9.97 Å². The number of phenolic OH excluding ortho intramolecular Hbond substituents is 2. The van der Waals surface area contributed by atoms with Crippen molar-refractivity contribution in [1.29, 1.82) is 0 Å². The number of hydrogen-bond acceptors (Lipinski definition) is 18. The van der Waals surface area contributed by atoms with Crippen LogP contribution in [0.2, 0.25) is 0 Å². The van der Waals surface area contributed by atoms with Gasteiger partial charge < -0.3 is 60.5 Å². The number of benzene rings is 4. The summed E-state index contributed by atoms with van der Waals surface area (Å²) in [6.07, 6.45) is 6.31. The first-order valence-corrected chi connectivity index (χ1v) is 15.5. The predicted molar refractivity (Wildman–Crippen MR) is 202 cm³/mol. The third-order valence-electron chi connectivity index (χ3n) is 6.92. The number of phenols is 2. The van der Waals surface area contributed by atoms with Gasteiger partial charge in [-0.05, 0) is 36.4 Å². The van der Waals surface area contributed by atoms with Gasteiger partial charge in [0.1, 0.15) is 0 Å². The fraction of sp³-hybridized carbons (Fsp3) is 0.0556. The summed E-state index contributed by atoms with van der Waals surface area (Å²) in [6, 6.07) is 28.1. The van der Waals surface area contributed by atoms with Crippen LogP contribution < -0.4 is 19.7 Å². The summed E-state index contributed by atoms with van der Waals surface area (Å²) in [5, 5.41) is 90.4. The molecule has 0 aliphatic heterocycles. The SMILES string of the molecule is COc1cccc(/C([O-])=N/N=C/c2cccc3cccnc23)c1O.COc1cccc(/C([O-])=N/N=C/c2cccc3cccnc23)c1O.O=[N+]([O-])[O-].O=[N+]([O-])[O-].[Cu+2].[Cu+2]. The van der Waals surface area contributed by atoms with Crippen molar-refractivity contribution >= 4 is 46.0 Å². The number of para-hydroxylation sites is 4. The predicted octanol–water partition coefficient (Wildman–Crippen LogP) is 3.70. The second-order valence-corrected chi connectivity index (χ2v) is 10.3. The van der Waals surface area contributed by atoms with E-state index in [2.05, 4.69) is 30.4 Å². The number of hydrogen-bond donors (Lipinski definition) is 2. The molecule has 0 saturated heterocycles. The molecule has 0 aliphatic carbocycles. The number of nitrogens with zero attached hydrogens (tertiary/aromatic N) is 8.